The summed E-state index contributed by atoms with van der Waals surface area (Å²) in [6, 6.07) is 6.17. The zero-order chi connectivity index (χ0) is 16.2. The summed E-state index contributed by atoms with van der Waals surface area (Å²) < 4.78 is 13.6. The molecule has 1 N–H and O–H groups in total. The van der Waals surface area contributed by atoms with Crippen LogP contribution < -0.4 is 5.32 Å². The molecule has 2 aliphatic rings. The van der Waals surface area contributed by atoms with E-state index in [1.165, 1.54) is 18.9 Å². The van der Waals surface area contributed by atoms with Crippen molar-refractivity contribution < 1.29 is 14.0 Å². The van der Waals surface area contributed by atoms with Crippen molar-refractivity contribution in [2.45, 2.75) is 38.5 Å². The first-order valence-corrected chi connectivity index (χ1v) is 8.44. The summed E-state index contributed by atoms with van der Waals surface area (Å²) in [5, 5.41) is 2.63. The normalized spacial score (nSPS) is 21.9. The Hall–Kier alpha value is -1.91. The zero-order valence-corrected chi connectivity index (χ0v) is 13.3. The average Bonchev–Trinajstić information content (AvgIpc) is 3.35. The second-order valence-electron chi connectivity index (χ2n) is 6.71. The molecule has 0 aromatic heterocycles. The second kappa shape index (κ2) is 7.11. The maximum atomic E-state index is 13.6. The Labute approximate surface area is 136 Å². The fraction of sp³-hybridized carbons (Fsp3) is 0.556. The van der Waals surface area contributed by atoms with Gasteiger partial charge in [-0.2, -0.15) is 0 Å². The molecule has 1 saturated carbocycles. The van der Waals surface area contributed by atoms with Crippen LogP contribution in [0.4, 0.5) is 10.1 Å². The van der Waals surface area contributed by atoms with E-state index >= 15 is 0 Å². The molecule has 1 saturated heterocycles. The minimum Gasteiger partial charge on any atom is -0.342 e. The number of benzene rings is 1. The Morgan fingerprint density at radius 2 is 1.96 bits per heavy atom. The molecule has 1 aromatic carbocycles. The van der Waals surface area contributed by atoms with Crippen LogP contribution in [0.1, 0.15) is 38.5 Å². The lowest BCUT2D eigenvalue weighted by Crippen LogP contribution is -2.32. The van der Waals surface area contributed by atoms with E-state index in [0.717, 1.165) is 25.9 Å². The third-order valence-corrected chi connectivity index (χ3v) is 4.72. The highest BCUT2D eigenvalue weighted by atomic mass is 19.1. The summed E-state index contributed by atoms with van der Waals surface area (Å²) in [5.41, 5.74) is 0.220. The van der Waals surface area contributed by atoms with Crippen LogP contribution in [0.5, 0.6) is 0 Å². The monoisotopic (exact) mass is 318 g/mol. The summed E-state index contributed by atoms with van der Waals surface area (Å²) in [6.07, 6.45) is 4.92. The SMILES string of the molecule is O=C(CC1CCC(=O)N(CC2CC2)CC1)Nc1ccccc1F. The molecule has 1 aliphatic heterocycles. The highest BCUT2D eigenvalue weighted by molar-refractivity contribution is 5.91. The van der Waals surface area contributed by atoms with Gasteiger partial charge in [0.05, 0.1) is 5.69 Å². The van der Waals surface area contributed by atoms with Gasteiger partial charge in [0, 0.05) is 25.9 Å². The predicted octanol–water partition coefficient (Wildman–Crippen LogP) is 3.19. The number of halogens is 1. The summed E-state index contributed by atoms with van der Waals surface area (Å²) >= 11 is 0. The molecule has 23 heavy (non-hydrogen) atoms. The number of amides is 2. The number of nitrogens with zero attached hydrogens (tertiary/aromatic N) is 1. The van der Waals surface area contributed by atoms with Crippen LogP contribution in [0.2, 0.25) is 0 Å². The van der Waals surface area contributed by atoms with Gasteiger partial charge >= 0.3 is 0 Å². The summed E-state index contributed by atoms with van der Waals surface area (Å²) in [5.74, 6) is 0.499. The lowest BCUT2D eigenvalue weighted by atomic mass is 9.96. The van der Waals surface area contributed by atoms with Gasteiger partial charge in [-0.3, -0.25) is 9.59 Å². The van der Waals surface area contributed by atoms with Crippen molar-refractivity contribution in [1.82, 2.24) is 4.90 Å². The lowest BCUT2D eigenvalue weighted by Gasteiger charge is -2.20. The topological polar surface area (TPSA) is 49.4 Å². The molecule has 2 fully saturated rings. The molecule has 1 unspecified atom stereocenters. The molecule has 5 heteroatoms. The van der Waals surface area contributed by atoms with Crippen LogP contribution in [0, 0.1) is 17.7 Å². The van der Waals surface area contributed by atoms with E-state index in [0.29, 0.717) is 18.8 Å². The molecule has 1 heterocycles. The smallest absolute Gasteiger partial charge is 0.224 e. The number of carbonyl (C=O) groups is 2. The van der Waals surface area contributed by atoms with Crippen LogP contribution in [0.25, 0.3) is 0 Å². The Kier molecular flexibility index (Phi) is 4.94. The molecule has 3 rings (SSSR count). The Balaban J connectivity index is 1.50. The van der Waals surface area contributed by atoms with Gasteiger partial charge in [-0.15, -0.1) is 0 Å². The first kappa shape index (κ1) is 16.0. The number of rotatable bonds is 5. The quantitative estimate of drug-likeness (QED) is 0.906. The van der Waals surface area contributed by atoms with Crippen LogP contribution in [0.15, 0.2) is 24.3 Å². The molecule has 4 nitrogen and oxygen atoms in total. The largest absolute Gasteiger partial charge is 0.342 e. The van der Waals surface area contributed by atoms with Crippen molar-refractivity contribution in [1.29, 1.82) is 0 Å². The van der Waals surface area contributed by atoms with Gasteiger partial charge in [-0.25, -0.2) is 4.39 Å². The molecule has 0 radical (unpaired) electrons. The van der Waals surface area contributed by atoms with E-state index < -0.39 is 5.82 Å². The number of nitrogens with one attached hydrogen (secondary N) is 1. The van der Waals surface area contributed by atoms with Gasteiger partial charge in [0.15, 0.2) is 0 Å². The van der Waals surface area contributed by atoms with Gasteiger partial charge in [0.2, 0.25) is 11.8 Å². The Morgan fingerprint density at radius 3 is 2.70 bits per heavy atom. The van der Waals surface area contributed by atoms with Gasteiger partial charge in [-0.1, -0.05) is 12.1 Å². The van der Waals surface area contributed by atoms with E-state index in [9.17, 15) is 14.0 Å². The molecule has 2 amide bonds. The van der Waals surface area contributed by atoms with E-state index in [4.69, 9.17) is 0 Å². The zero-order valence-electron chi connectivity index (χ0n) is 13.3. The number of para-hydroxylation sites is 1. The van der Waals surface area contributed by atoms with Crippen molar-refractivity contribution in [3.05, 3.63) is 30.1 Å². The summed E-state index contributed by atoms with van der Waals surface area (Å²) in [4.78, 5) is 26.2. The number of hydrogen-bond donors (Lipinski definition) is 1. The van der Waals surface area contributed by atoms with Gasteiger partial charge in [0.1, 0.15) is 5.82 Å². The highest BCUT2D eigenvalue weighted by Gasteiger charge is 2.29. The van der Waals surface area contributed by atoms with E-state index in [1.807, 2.05) is 4.90 Å². The third kappa shape index (κ3) is 4.53. The second-order valence-corrected chi connectivity index (χ2v) is 6.71. The summed E-state index contributed by atoms with van der Waals surface area (Å²) in [7, 11) is 0. The first-order chi connectivity index (χ1) is 11.1. The van der Waals surface area contributed by atoms with Crippen LogP contribution >= 0.6 is 0 Å². The van der Waals surface area contributed by atoms with Crippen molar-refractivity contribution in [3.8, 4) is 0 Å². The number of hydrogen-bond acceptors (Lipinski definition) is 2. The fourth-order valence-corrected chi connectivity index (χ4v) is 3.13. The molecule has 1 aromatic rings. The molecule has 0 bridgehead atoms. The van der Waals surface area contributed by atoms with Crippen molar-refractivity contribution in [3.63, 3.8) is 0 Å². The van der Waals surface area contributed by atoms with Crippen molar-refractivity contribution in [2.75, 3.05) is 18.4 Å². The molecular weight excluding hydrogens is 295 g/mol. The van der Waals surface area contributed by atoms with Crippen LogP contribution in [-0.4, -0.2) is 29.8 Å². The molecular formula is C18H23FN2O2. The van der Waals surface area contributed by atoms with E-state index in [2.05, 4.69) is 5.32 Å². The molecule has 0 spiro atoms. The minimum absolute atomic E-state index is 0.178. The maximum absolute atomic E-state index is 13.6. The van der Waals surface area contributed by atoms with Crippen LogP contribution in [-0.2, 0) is 9.59 Å². The number of likely N-dealkylation sites (tertiary alicyclic amines) is 1. The van der Waals surface area contributed by atoms with Gasteiger partial charge in [0.25, 0.3) is 0 Å². The van der Waals surface area contributed by atoms with E-state index in [-0.39, 0.29) is 23.4 Å². The van der Waals surface area contributed by atoms with E-state index in [1.54, 1.807) is 18.2 Å². The lowest BCUT2D eigenvalue weighted by molar-refractivity contribution is -0.131. The van der Waals surface area contributed by atoms with Gasteiger partial charge in [-0.05, 0) is 49.7 Å². The number of carbonyl (C=O) groups excluding carboxylic acids is 2. The van der Waals surface area contributed by atoms with Gasteiger partial charge < -0.3 is 10.2 Å². The Bertz CT molecular complexity index is 586. The number of anilines is 1. The van der Waals surface area contributed by atoms with Crippen molar-refractivity contribution in [2.24, 2.45) is 11.8 Å². The molecule has 1 atom stereocenters. The molecule has 124 valence electrons. The highest BCUT2D eigenvalue weighted by Crippen LogP contribution is 2.31. The van der Waals surface area contributed by atoms with Crippen LogP contribution in [0.3, 0.4) is 0 Å². The predicted molar refractivity (Wildman–Crippen MR) is 86.3 cm³/mol. The Morgan fingerprint density at radius 1 is 1.17 bits per heavy atom. The standard InChI is InChI=1S/C18H23FN2O2/c19-15-3-1-2-4-16(15)20-17(22)11-13-7-8-18(23)21(10-9-13)12-14-5-6-14/h1-4,13-14H,5-12H2,(H,20,22). The van der Waals surface area contributed by atoms with Crippen molar-refractivity contribution >= 4 is 17.5 Å². The third-order valence-electron chi connectivity index (χ3n) is 4.72. The fourth-order valence-electron chi connectivity index (χ4n) is 3.13. The average molecular weight is 318 g/mol. The summed E-state index contributed by atoms with van der Waals surface area (Å²) in [6.45, 7) is 1.62. The minimum atomic E-state index is -0.424. The maximum Gasteiger partial charge on any atom is 0.224 e. The first-order valence-electron chi connectivity index (χ1n) is 8.44. The molecule has 1 aliphatic carbocycles.